The van der Waals surface area contributed by atoms with Gasteiger partial charge in [-0.05, 0) is 85.4 Å². The van der Waals surface area contributed by atoms with Gasteiger partial charge in [-0.15, -0.1) is 16.8 Å². The van der Waals surface area contributed by atoms with Gasteiger partial charge in [-0.3, -0.25) is 23.9 Å². The topological polar surface area (TPSA) is 204 Å². The van der Waals surface area contributed by atoms with Gasteiger partial charge in [0.15, 0.2) is 5.78 Å². The van der Waals surface area contributed by atoms with E-state index in [0.717, 1.165) is 0 Å². The Morgan fingerprint density at radius 2 is 1.82 bits per heavy atom. The van der Waals surface area contributed by atoms with Crippen LogP contribution in [0.15, 0.2) is 59.9 Å². The molecule has 3 amide bonds. The molecule has 16 heteroatoms. The zero-order chi connectivity index (χ0) is 36.7. The number of aromatic nitrogens is 4. The average molecular weight is 722 g/mol. The molecule has 2 heterocycles. The highest BCUT2D eigenvalue weighted by molar-refractivity contribution is 7.91. The minimum absolute atomic E-state index is 0.122. The van der Waals surface area contributed by atoms with E-state index in [1.807, 2.05) is 20.8 Å². The van der Waals surface area contributed by atoms with Gasteiger partial charge in [-0.1, -0.05) is 26.8 Å². The highest BCUT2D eigenvalue weighted by atomic mass is 32.2. The number of carbonyl (C=O) groups excluding carboxylic acids is 4. The van der Waals surface area contributed by atoms with Gasteiger partial charge in [0.1, 0.15) is 17.6 Å². The average Bonchev–Trinajstić information content (AvgIpc) is 3.81. The Balaban J connectivity index is 1.29. The van der Waals surface area contributed by atoms with E-state index < -0.39 is 67.9 Å². The molecule has 0 radical (unpaired) electrons. The second-order valence-corrected chi connectivity index (χ2v) is 16.7. The van der Waals surface area contributed by atoms with Crippen molar-refractivity contribution >= 4 is 33.5 Å². The number of methoxy groups -OCH3 is 1. The number of carbonyl (C=O) groups is 4. The third-order valence-corrected chi connectivity index (χ3v) is 11.9. The highest BCUT2D eigenvalue weighted by Gasteiger charge is 2.62. The van der Waals surface area contributed by atoms with Gasteiger partial charge in [-0.25, -0.2) is 8.42 Å². The Labute approximate surface area is 296 Å². The lowest BCUT2D eigenvalue weighted by atomic mass is 9.77. The number of sulfonamides is 1. The summed E-state index contributed by atoms with van der Waals surface area (Å²) in [6.45, 7) is 9.20. The van der Waals surface area contributed by atoms with Gasteiger partial charge >= 0.3 is 0 Å². The Hall–Kier alpha value is -4.86. The predicted molar refractivity (Wildman–Crippen MR) is 183 cm³/mol. The fourth-order valence-electron chi connectivity index (χ4n) is 6.87. The summed E-state index contributed by atoms with van der Waals surface area (Å²) in [5, 5.41) is 18.2. The molecular weight excluding hydrogens is 678 g/mol. The third kappa shape index (κ3) is 7.46. The van der Waals surface area contributed by atoms with Crippen molar-refractivity contribution in [3.63, 3.8) is 0 Å². The summed E-state index contributed by atoms with van der Waals surface area (Å²) >= 11 is 0. The number of nitrogens with one attached hydrogen (secondary N) is 3. The number of Topliss-reactive ketones (excluding diaryl/α,β-unsaturated/α-hetero) is 1. The molecule has 0 aliphatic heterocycles. The first-order valence-corrected chi connectivity index (χ1v) is 18.5. The molecule has 3 N–H and O–H groups in total. The standard InChI is InChI=1S/C35H43N7O8S/c1-6-7-22-18-35(22,33(46)40-51(47,48)25-12-13-25)37-32(45)27-17-23(42-39-30(38-41-42)20-8-10-24(49-5)11-9-20)16-26(27)28(43)29(34(2,3)4)36-31(44)21-14-15-50-19-21/h6,8-11,14-15,19,22-23,25-27,29H,1,7,12-13,16-18H2,2-5H3,(H,36,44)(H,37,45)(H,40,46)/t22-,23+,26?,27-,29?,35+/m1/s1. The second kappa shape index (κ2) is 13.7. The molecule has 1 aromatic carbocycles. The van der Waals surface area contributed by atoms with Gasteiger partial charge in [0.25, 0.3) is 11.8 Å². The van der Waals surface area contributed by atoms with E-state index in [-0.39, 0.29) is 36.5 Å². The minimum Gasteiger partial charge on any atom is -0.497 e. The maximum absolute atomic E-state index is 14.6. The Morgan fingerprint density at radius 1 is 1.12 bits per heavy atom. The fourth-order valence-corrected chi connectivity index (χ4v) is 8.24. The molecule has 3 aliphatic carbocycles. The summed E-state index contributed by atoms with van der Waals surface area (Å²) in [7, 11) is -2.32. The number of tetrazole rings is 1. The molecular formula is C35H43N7O8S. The van der Waals surface area contributed by atoms with E-state index in [0.29, 0.717) is 36.4 Å². The maximum Gasteiger partial charge on any atom is 0.259 e. The summed E-state index contributed by atoms with van der Waals surface area (Å²) < 4.78 is 37.9. The van der Waals surface area contributed by atoms with Crippen molar-refractivity contribution < 1.29 is 36.7 Å². The minimum atomic E-state index is -3.89. The Morgan fingerprint density at radius 3 is 2.43 bits per heavy atom. The molecule has 272 valence electrons. The predicted octanol–water partition coefficient (Wildman–Crippen LogP) is 2.98. The molecule has 3 fully saturated rings. The molecule has 3 aliphatic rings. The van der Waals surface area contributed by atoms with Crippen LogP contribution in [0.2, 0.25) is 0 Å². The molecule has 2 aromatic heterocycles. The third-order valence-electron chi connectivity index (χ3n) is 10.1. The number of nitrogens with zero attached hydrogens (tertiary/aromatic N) is 4. The van der Waals surface area contributed by atoms with Crippen LogP contribution < -0.4 is 20.1 Å². The summed E-state index contributed by atoms with van der Waals surface area (Å²) in [4.78, 5) is 57.0. The SMILES string of the molecule is C=CC[C@@H]1C[C@@]1(NC(=O)[C@@H]1C[C@@H](n2nnc(-c3ccc(OC)cc3)n2)CC1C(=O)C(NC(=O)c1ccoc1)C(C)(C)C)C(=O)NS(=O)(=O)C1CC1. The largest absolute Gasteiger partial charge is 0.497 e. The zero-order valence-corrected chi connectivity index (χ0v) is 29.8. The molecule has 6 rings (SSSR count). The van der Waals surface area contributed by atoms with Crippen LogP contribution in [0, 0.1) is 23.2 Å². The van der Waals surface area contributed by atoms with Crippen molar-refractivity contribution in [2.75, 3.05) is 7.11 Å². The second-order valence-electron chi connectivity index (χ2n) is 14.7. The van der Waals surface area contributed by atoms with Crippen molar-refractivity contribution in [3.05, 3.63) is 61.1 Å². The van der Waals surface area contributed by atoms with E-state index >= 15 is 0 Å². The lowest BCUT2D eigenvalue weighted by molar-refractivity contribution is -0.137. The van der Waals surface area contributed by atoms with Crippen LogP contribution in [0.5, 0.6) is 5.75 Å². The molecule has 2 unspecified atom stereocenters. The first-order chi connectivity index (χ1) is 24.2. The summed E-state index contributed by atoms with van der Waals surface area (Å²) in [6.07, 6.45) is 6.04. The Bertz CT molecular complexity index is 1910. The quantitative estimate of drug-likeness (QED) is 0.207. The molecule has 3 aromatic rings. The van der Waals surface area contributed by atoms with E-state index in [9.17, 15) is 27.6 Å². The number of allylic oxidation sites excluding steroid dienone is 1. The number of rotatable bonds is 14. The molecule has 0 saturated heterocycles. The van der Waals surface area contributed by atoms with Crippen molar-refractivity contribution in [1.29, 1.82) is 0 Å². The summed E-state index contributed by atoms with van der Waals surface area (Å²) in [6, 6.07) is 7.06. The summed E-state index contributed by atoms with van der Waals surface area (Å²) in [5.41, 5.74) is -1.31. The molecule has 0 bridgehead atoms. The van der Waals surface area contributed by atoms with Crippen LogP contribution in [0.25, 0.3) is 11.4 Å². The molecule has 6 atom stereocenters. The van der Waals surface area contributed by atoms with Gasteiger partial charge < -0.3 is 19.8 Å². The normalized spacial score (nSPS) is 25.0. The highest BCUT2D eigenvalue weighted by Crippen LogP contribution is 2.49. The first kappa shape index (κ1) is 35.9. The number of benzene rings is 1. The number of furan rings is 1. The number of ketones is 1. The number of hydrogen-bond donors (Lipinski definition) is 3. The number of amides is 3. The van der Waals surface area contributed by atoms with Crippen molar-refractivity contribution in [2.24, 2.45) is 23.2 Å². The number of hydrogen-bond acceptors (Lipinski definition) is 11. The van der Waals surface area contributed by atoms with Crippen LogP contribution in [0.1, 0.15) is 75.7 Å². The van der Waals surface area contributed by atoms with E-state index in [2.05, 4.69) is 37.3 Å². The van der Waals surface area contributed by atoms with Gasteiger partial charge in [0.05, 0.1) is 36.3 Å². The molecule has 15 nitrogen and oxygen atoms in total. The van der Waals surface area contributed by atoms with Gasteiger partial charge in [0.2, 0.25) is 21.8 Å². The van der Waals surface area contributed by atoms with Gasteiger partial charge in [-0.2, -0.15) is 4.80 Å². The van der Waals surface area contributed by atoms with Crippen LogP contribution in [-0.2, 0) is 24.4 Å². The monoisotopic (exact) mass is 721 g/mol. The zero-order valence-electron chi connectivity index (χ0n) is 29.0. The van der Waals surface area contributed by atoms with Crippen molar-refractivity contribution in [1.82, 2.24) is 35.6 Å². The lowest BCUT2D eigenvalue weighted by Crippen LogP contribution is -2.55. The van der Waals surface area contributed by atoms with Crippen LogP contribution in [0.3, 0.4) is 0 Å². The van der Waals surface area contributed by atoms with Crippen LogP contribution >= 0.6 is 0 Å². The smallest absolute Gasteiger partial charge is 0.259 e. The fraction of sp³-hybridized carbons (Fsp3) is 0.514. The summed E-state index contributed by atoms with van der Waals surface area (Å²) in [5.74, 6) is -3.52. The van der Waals surface area contributed by atoms with Crippen molar-refractivity contribution in [3.8, 4) is 17.1 Å². The molecule has 3 saturated carbocycles. The van der Waals surface area contributed by atoms with Crippen LogP contribution in [-0.4, -0.2) is 76.1 Å². The van der Waals surface area contributed by atoms with E-state index in [1.165, 1.54) is 23.4 Å². The van der Waals surface area contributed by atoms with E-state index in [4.69, 9.17) is 9.15 Å². The molecule has 0 spiro atoms. The van der Waals surface area contributed by atoms with Gasteiger partial charge in [0, 0.05) is 17.4 Å². The van der Waals surface area contributed by atoms with E-state index in [1.54, 1.807) is 37.5 Å². The number of ether oxygens (including phenoxy) is 1. The van der Waals surface area contributed by atoms with Crippen molar-refractivity contribution in [2.45, 2.75) is 82.2 Å². The Kier molecular flexibility index (Phi) is 9.65. The van der Waals surface area contributed by atoms with Crippen LogP contribution in [0.4, 0.5) is 0 Å². The maximum atomic E-state index is 14.6. The lowest BCUT2D eigenvalue weighted by Gasteiger charge is -2.33. The molecule has 51 heavy (non-hydrogen) atoms. The first-order valence-electron chi connectivity index (χ1n) is 17.0.